The average Bonchev–Trinajstić information content (AvgIpc) is 3.06. The quantitative estimate of drug-likeness (QED) is 0.601. The fourth-order valence-electron chi connectivity index (χ4n) is 2.39. The van der Waals surface area contributed by atoms with Crippen LogP contribution in [0.4, 0.5) is 0 Å². The number of carbonyl (C=O) groups is 1. The number of hydrogen-bond acceptors (Lipinski definition) is 7. The van der Waals surface area contributed by atoms with E-state index in [1.54, 1.807) is 19.4 Å². The van der Waals surface area contributed by atoms with Gasteiger partial charge >= 0.3 is 0 Å². The van der Waals surface area contributed by atoms with Gasteiger partial charge in [-0.2, -0.15) is 0 Å². The first-order valence-corrected chi connectivity index (χ1v) is 9.16. The molecule has 3 rings (SSSR count). The molecule has 1 aromatic carbocycles. The maximum Gasteiger partial charge on any atom is 0.230 e. The molecule has 0 spiro atoms. The molecule has 0 unspecified atom stereocenters. The standard InChI is InChI=1S/C18H19N5O3S/c1-12-21-22-18(23(12)13-5-7-14(26-2)8-6-13)27-11-17(25)20-10-15-16(24)4-3-9-19-15/h3-9,24H,10-11H2,1-2H3,(H,20,25). The Kier molecular flexibility index (Phi) is 5.92. The van der Waals surface area contributed by atoms with Crippen LogP contribution < -0.4 is 10.1 Å². The predicted octanol–water partition coefficient (Wildman–Crippen LogP) is 2.09. The minimum absolute atomic E-state index is 0.0559. The molecule has 0 aliphatic rings. The Morgan fingerprint density at radius 2 is 2.04 bits per heavy atom. The Morgan fingerprint density at radius 1 is 1.26 bits per heavy atom. The van der Waals surface area contributed by atoms with E-state index in [2.05, 4.69) is 20.5 Å². The molecule has 0 fully saturated rings. The summed E-state index contributed by atoms with van der Waals surface area (Å²) in [4.78, 5) is 16.2. The van der Waals surface area contributed by atoms with Crippen molar-refractivity contribution in [3.63, 3.8) is 0 Å². The normalized spacial score (nSPS) is 10.6. The lowest BCUT2D eigenvalue weighted by Crippen LogP contribution is -2.25. The highest BCUT2D eigenvalue weighted by molar-refractivity contribution is 7.99. The van der Waals surface area contributed by atoms with Gasteiger partial charge in [-0.05, 0) is 43.3 Å². The van der Waals surface area contributed by atoms with Crippen molar-refractivity contribution in [1.82, 2.24) is 25.1 Å². The Bertz CT molecular complexity index is 927. The first-order chi connectivity index (χ1) is 13.1. The van der Waals surface area contributed by atoms with E-state index in [4.69, 9.17) is 4.74 Å². The molecule has 8 nitrogen and oxygen atoms in total. The Balaban J connectivity index is 1.62. The molecule has 3 aromatic rings. The highest BCUT2D eigenvalue weighted by Crippen LogP contribution is 2.23. The number of hydrogen-bond donors (Lipinski definition) is 2. The van der Waals surface area contributed by atoms with E-state index in [1.165, 1.54) is 17.8 Å². The molecule has 1 amide bonds. The summed E-state index contributed by atoms with van der Waals surface area (Å²) < 4.78 is 7.05. The van der Waals surface area contributed by atoms with Crippen LogP contribution >= 0.6 is 11.8 Å². The van der Waals surface area contributed by atoms with Crippen LogP contribution in [0.15, 0.2) is 47.8 Å². The van der Waals surface area contributed by atoms with Gasteiger partial charge in [-0.25, -0.2) is 0 Å². The first kappa shape index (κ1) is 18.7. The van der Waals surface area contributed by atoms with Crippen molar-refractivity contribution in [3.8, 4) is 17.2 Å². The highest BCUT2D eigenvalue weighted by Gasteiger charge is 2.14. The van der Waals surface area contributed by atoms with Gasteiger partial charge < -0.3 is 15.2 Å². The number of methoxy groups -OCH3 is 1. The Hall–Kier alpha value is -3.07. The summed E-state index contributed by atoms with van der Waals surface area (Å²) in [6.07, 6.45) is 1.57. The number of thioether (sulfide) groups is 1. The van der Waals surface area contributed by atoms with Crippen molar-refractivity contribution in [2.75, 3.05) is 12.9 Å². The molecule has 140 valence electrons. The molecule has 2 N–H and O–H groups in total. The van der Waals surface area contributed by atoms with Crippen LogP contribution in [-0.2, 0) is 11.3 Å². The van der Waals surface area contributed by atoms with E-state index in [0.29, 0.717) is 10.9 Å². The molecule has 0 aliphatic carbocycles. The van der Waals surface area contributed by atoms with Crippen molar-refractivity contribution < 1.29 is 14.6 Å². The van der Waals surface area contributed by atoms with Crippen LogP contribution in [0.5, 0.6) is 11.5 Å². The summed E-state index contributed by atoms with van der Waals surface area (Å²) in [7, 11) is 1.61. The third kappa shape index (κ3) is 4.56. The number of aromatic nitrogens is 4. The van der Waals surface area contributed by atoms with E-state index in [9.17, 15) is 9.90 Å². The summed E-state index contributed by atoms with van der Waals surface area (Å²) in [6, 6.07) is 10.7. The second-order valence-corrected chi connectivity index (χ2v) is 6.54. The predicted molar refractivity (Wildman–Crippen MR) is 101 cm³/mol. The van der Waals surface area contributed by atoms with Crippen LogP contribution in [0, 0.1) is 6.92 Å². The number of nitrogens with zero attached hydrogens (tertiary/aromatic N) is 4. The number of amides is 1. The minimum Gasteiger partial charge on any atom is -0.506 e. The van der Waals surface area contributed by atoms with E-state index < -0.39 is 0 Å². The Labute approximate surface area is 160 Å². The SMILES string of the molecule is COc1ccc(-n2c(C)nnc2SCC(=O)NCc2ncccc2O)cc1. The summed E-state index contributed by atoms with van der Waals surface area (Å²) in [5.41, 5.74) is 1.31. The van der Waals surface area contributed by atoms with E-state index in [-0.39, 0.29) is 24.0 Å². The summed E-state index contributed by atoms with van der Waals surface area (Å²) in [5, 5.41) is 21.3. The van der Waals surface area contributed by atoms with Gasteiger partial charge in [0.2, 0.25) is 5.91 Å². The molecule has 0 bridgehead atoms. The Morgan fingerprint density at radius 3 is 2.74 bits per heavy atom. The summed E-state index contributed by atoms with van der Waals surface area (Å²) >= 11 is 1.28. The van der Waals surface area contributed by atoms with Gasteiger partial charge in [0.15, 0.2) is 5.16 Å². The van der Waals surface area contributed by atoms with E-state index in [0.717, 1.165) is 17.3 Å². The minimum atomic E-state index is -0.188. The fraction of sp³-hybridized carbons (Fsp3) is 0.222. The molecule has 9 heteroatoms. The number of pyridine rings is 1. The number of nitrogens with one attached hydrogen (secondary N) is 1. The monoisotopic (exact) mass is 385 g/mol. The van der Waals surface area contributed by atoms with Crippen LogP contribution in [0.2, 0.25) is 0 Å². The molecule has 2 heterocycles. The van der Waals surface area contributed by atoms with Crippen LogP contribution in [-0.4, -0.2) is 43.6 Å². The lowest BCUT2D eigenvalue weighted by molar-refractivity contribution is -0.118. The third-order valence-corrected chi connectivity index (χ3v) is 4.71. The molecule has 0 atom stereocenters. The van der Waals surface area contributed by atoms with Crippen molar-refractivity contribution in [2.45, 2.75) is 18.6 Å². The lowest BCUT2D eigenvalue weighted by atomic mass is 10.3. The van der Waals surface area contributed by atoms with Gasteiger partial charge in [-0.1, -0.05) is 11.8 Å². The molecular weight excluding hydrogens is 366 g/mol. The fourth-order valence-corrected chi connectivity index (χ4v) is 3.22. The number of aromatic hydroxyl groups is 1. The van der Waals surface area contributed by atoms with Gasteiger partial charge in [-0.15, -0.1) is 10.2 Å². The van der Waals surface area contributed by atoms with Crippen molar-refractivity contribution in [1.29, 1.82) is 0 Å². The van der Waals surface area contributed by atoms with Gasteiger partial charge in [0.05, 0.1) is 19.4 Å². The van der Waals surface area contributed by atoms with Crippen LogP contribution in [0.3, 0.4) is 0 Å². The van der Waals surface area contributed by atoms with Gasteiger partial charge in [0.1, 0.15) is 23.0 Å². The molecule has 2 aromatic heterocycles. The highest BCUT2D eigenvalue weighted by atomic mass is 32.2. The van der Waals surface area contributed by atoms with Crippen LogP contribution in [0.1, 0.15) is 11.5 Å². The van der Waals surface area contributed by atoms with Gasteiger partial charge in [0, 0.05) is 11.9 Å². The smallest absolute Gasteiger partial charge is 0.230 e. The second-order valence-electron chi connectivity index (χ2n) is 5.60. The van der Waals surface area contributed by atoms with Crippen molar-refractivity contribution in [2.24, 2.45) is 0 Å². The molecular formula is C18H19N5O3S. The van der Waals surface area contributed by atoms with Crippen molar-refractivity contribution >= 4 is 17.7 Å². The second kappa shape index (κ2) is 8.54. The first-order valence-electron chi connectivity index (χ1n) is 8.17. The number of aryl methyl sites for hydroxylation is 1. The number of rotatable bonds is 7. The summed E-state index contributed by atoms with van der Waals surface area (Å²) in [5.74, 6) is 1.52. The maximum atomic E-state index is 12.1. The molecule has 27 heavy (non-hydrogen) atoms. The van der Waals surface area contributed by atoms with E-state index in [1.807, 2.05) is 35.8 Å². The third-order valence-electron chi connectivity index (χ3n) is 3.78. The van der Waals surface area contributed by atoms with Crippen LogP contribution in [0.25, 0.3) is 5.69 Å². The van der Waals surface area contributed by atoms with Gasteiger partial charge in [-0.3, -0.25) is 14.3 Å². The molecule has 0 radical (unpaired) electrons. The largest absolute Gasteiger partial charge is 0.506 e. The zero-order chi connectivity index (χ0) is 19.2. The molecule has 0 saturated heterocycles. The average molecular weight is 385 g/mol. The topological polar surface area (TPSA) is 102 Å². The molecule has 0 saturated carbocycles. The van der Waals surface area contributed by atoms with Crippen molar-refractivity contribution in [3.05, 3.63) is 54.1 Å². The molecule has 0 aliphatic heterocycles. The maximum absolute atomic E-state index is 12.1. The zero-order valence-electron chi connectivity index (χ0n) is 14.9. The zero-order valence-corrected chi connectivity index (χ0v) is 15.7. The number of carbonyl (C=O) groups excluding carboxylic acids is 1. The number of benzene rings is 1. The summed E-state index contributed by atoms with van der Waals surface area (Å²) in [6.45, 7) is 2.02. The number of ether oxygens (including phenoxy) is 1. The van der Waals surface area contributed by atoms with Gasteiger partial charge in [0.25, 0.3) is 0 Å². The lowest BCUT2D eigenvalue weighted by Gasteiger charge is -2.09. The van der Waals surface area contributed by atoms with E-state index >= 15 is 0 Å².